The standard InChI is InChI=1S/C69H114O40S8/c1-5-12-112-19-29-56-40(79)48(87)64(96-29)102-54-28(18-111-8-4)95-63(47(86)39(54)78)109-61-34(24-117-26-93-25-70)101-69(53(92)45(61)84)105-57-30(20-113-13-6-2)97-65(49(88)41(57)80)106-58-32(22-115-15-10-36(73)74)99-67(51(90)43(58)82)108-60-33(23-116-16-11-37(75)76)100-68(52(91)44(60)83)107-59-31(21-114-14-9-35(71)72)98-66(50(89)42(59)81)103-55-27(17-110-7-3)94-62(104-56)46(85)38(55)77/h25,27-34,38-69,77-92H,5-24,26H2,1-4H3,(H,71,72)(H,73,74)(H,75,76). The van der Waals surface area contributed by atoms with Crippen LogP contribution in [0.15, 0.2) is 0 Å². The number of carbonyl (C=O) groups excluding carboxylic acids is 1. The lowest BCUT2D eigenvalue weighted by molar-refractivity contribution is -0.396. The molecular formula is C69H114O40S8. The molecule has 0 aromatic carbocycles. The zero-order chi connectivity index (χ0) is 85.1. The number of hydrogen-bond donors (Lipinski definition) is 19. The topological polar surface area (TPSA) is 610 Å². The van der Waals surface area contributed by atoms with E-state index in [4.69, 9.17) is 80.5 Å². The van der Waals surface area contributed by atoms with Crippen molar-refractivity contribution in [2.24, 2.45) is 0 Å². The quantitative estimate of drug-likeness (QED) is 0.0163. The Morgan fingerprint density at radius 3 is 0.590 bits per heavy atom. The van der Waals surface area contributed by atoms with Crippen molar-refractivity contribution in [2.75, 3.05) is 92.2 Å². The predicted molar refractivity (Wildman–Crippen MR) is 419 cm³/mol. The van der Waals surface area contributed by atoms with Crippen molar-refractivity contribution in [1.82, 2.24) is 0 Å². The number of rotatable bonds is 34. The number of hydrogen-bond acceptors (Lipinski definition) is 45. The third kappa shape index (κ3) is 26.6. The molecule has 48 heteroatoms. The van der Waals surface area contributed by atoms with Gasteiger partial charge in [-0.2, -0.15) is 82.3 Å². The first-order valence-corrected chi connectivity index (χ1v) is 47.9. The summed E-state index contributed by atoms with van der Waals surface area (Å²) in [6, 6.07) is 0. The molecule has 40 unspecified atom stereocenters. The molecule has 30 aliphatic heterocycles. The van der Waals surface area contributed by atoms with E-state index in [0.29, 0.717) is 35.9 Å². The summed E-state index contributed by atoms with van der Waals surface area (Å²) >= 11 is 9.02. The van der Waals surface area contributed by atoms with Crippen LogP contribution in [-0.2, 0) is 99.7 Å². The normalized spacial score (nSPS) is 44.4. The number of carboxylic acid groups (broad SMARTS) is 3. The van der Waals surface area contributed by atoms with E-state index in [1.165, 1.54) is 47.0 Å². The summed E-state index contributed by atoms with van der Waals surface area (Å²) in [5.74, 6) is -3.27. The van der Waals surface area contributed by atoms with Gasteiger partial charge in [0.1, 0.15) is 152 Å². The second kappa shape index (κ2) is 49.1. The van der Waals surface area contributed by atoms with E-state index >= 15 is 0 Å². The number of carboxylic acids is 3. The van der Waals surface area contributed by atoms with Crippen molar-refractivity contribution in [3.8, 4) is 0 Å². The molecule has 40 nitrogen and oxygen atoms in total. The minimum Gasteiger partial charge on any atom is -0.481 e. The molecule has 30 saturated heterocycles. The zero-order valence-electron chi connectivity index (χ0n) is 64.4. The van der Waals surface area contributed by atoms with Crippen LogP contribution in [0.3, 0.4) is 0 Å². The molecule has 30 aliphatic rings. The molecule has 16 bridgehead atoms. The first-order chi connectivity index (χ1) is 56.0. The van der Waals surface area contributed by atoms with Crippen LogP contribution in [-0.4, -0.2) is 459 Å². The molecular weight excluding hydrogens is 1730 g/mol. The number of aliphatic carboxylic acids is 3. The summed E-state index contributed by atoms with van der Waals surface area (Å²) < 4.78 is 106. The predicted octanol–water partition coefficient (Wildman–Crippen LogP) is -5.06. The van der Waals surface area contributed by atoms with Gasteiger partial charge in [0.05, 0.1) is 68.1 Å². The summed E-state index contributed by atoms with van der Waals surface area (Å²) in [7, 11) is 0. The lowest BCUT2D eigenvalue weighted by atomic mass is 9.95. The van der Waals surface area contributed by atoms with E-state index in [1.807, 2.05) is 20.8 Å². The van der Waals surface area contributed by atoms with E-state index < -0.39 is 270 Å². The number of ether oxygens (including phenoxy) is 17. The van der Waals surface area contributed by atoms with Gasteiger partial charge in [-0.3, -0.25) is 19.2 Å². The molecule has 40 atom stereocenters. The van der Waals surface area contributed by atoms with Gasteiger partial charge in [0.2, 0.25) is 0 Å². The molecule has 117 heavy (non-hydrogen) atoms. The second-order valence-corrected chi connectivity index (χ2v) is 38.2. The maximum absolute atomic E-state index is 12.3. The molecule has 30 heterocycles. The van der Waals surface area contributed by atoms with Crippen molar-refractivity contribution in [2.45, 2.75) is 305 Å². The lowest BCUT2D eigenvalue weighted by Crippen LogP contribution is -2.69. The van der Waals surface area contributed by atoms with Gasteiger partial charge in [-0.1, -0.05) is 27.7 Å². The van der Waals surface area contributed by atoms with E-state index in [1.54, 1.807) is 6.92 Å². The van der Waals surface area contributed by atoms with Gasteiger partial charge in [-0.05, 0) is 35.9 Å². The van der Waals surface area contributed by atoms with Crippen LogP contribution < -0.4 is 0 Å². The molecule has 0 amide bonds. The smallest absolute Gasteiger partial charge is 0.304 e. The SMILES string of the molecule is CCCSCC1OC2OC3C(CSCC)OC(OC4C(CSCOC=O)OC(OC5C(CSCCC)OC(OC6C(CSCCC(=O)O)OC(OC7C(CSCCC(=O)O)OC(OC8C(CSCCC(=O)O)OC(OC9C(CSCC)OC(OC1C(O)C2O)C(O)C9O)C(O)C8O)C(O)C7O)C(O)C6O)C(O)C5O)C(O)C4O)C(O)C3O. The van der Waals surface area contributed by atoms with Crippen molar-refractivity contribution in [3.63, 3.8) is 0 Å². The zero-order valence-corrected chi connectivity index (χ0v) is 70.9. The van der Waals surface area contributed by atoms with Crippen LogP contribution in [0.25, 0.3) is 0 Å². The highest BCUT2D eigenvalue weighted by atomic mass is 32.2. The van der Waals surface area contributed by atoms with E-state index in [9.17, 15) is 116 Å². The van der Waals surface area contributed by atoms with Gasteiger partial charge in [-0.15, -0.1) is 11.8 Å². The fourth-order valence-corrected chi connectivity index (χ4v) is 21.4. The van der Waals surface area contributed by atoms with Crippen LogP contribution in [0.1, 0.15) is 59.8 Å². The summed E-state index contributed by atoms with van der Waals surface area (Å²) in [4.78, 5) is 46.6. The molecule has 19 N–H and O–H groups in total. The fourth-order valence-electron chi connectivity index (χ4n) is 14.3. The maximum Gasteiger partial charge on any atom is 0.304 e. The Labute approximate surface area is 708 Å². The molecule has 0 saturated carbocycles. The van der Waals surface area contributed by atoms with Gasteiger partial charge in [0, 0.05) is 63.3 Å². The Morgan fingerprint density at radius 1 is 0.256 bits per heavy atom. The van der Waals surface area contributed by atoms with Gasteiger partial charge in [-0.25, -0.2) is 0 Å². The molecule has 30 fully saturated rings. The van der Waals surface area contributed by atoms with Crippen molar-refractivity contribution in [3.05, 3.63) is 0 Å². The monoisotopic (exact) mass is 1840 g/mol. The van der Waals surface area contributed by atoms with Gasteiger partial charge >= 0.3 is 17.9 Å². The van der Waals surface area contributed by atoms with Crippen LogP contribution in [0, 0.1) is 0 Å². The molecule has 0 aromatic rings. The summed E-state index contributed by atoms with van der Waals surface area (Å²) in [6.45, 7) is 7.56. The Morgan fingerprint density at radius 2 is 0.427 bits per heavy atom. The average Bonchev–Trinajstić information content (AvgIpc) is 0.769. The lowest BCUT2D eigenvalue weighted by Gasteiger charge is -2.51. The van der Waals surface area contributed by atoms with Gasteiger partial charge in [0.25, 0.3) is 6.47 Å². The molecule has 0 aromatic heterocycles. The fraction of sp³-hybridized carbons (Fsp3) is 0.942. The highest BCUT2D eigenvalue weighted by Crippen LogP contribution is 2.43. The number of carbonyl (C=O) groups is 4. The average molecular weight is 1840 g/mol. The van der Waals surface area contributed by atoms with Crippen LogP contribution in [0.4, 0.5) is 0 Å². The molecule has 30 rings (SSSR count). The summed E-state index contributed by atoms with van der Waals surface area (Å²) in [5.41, 5.74) is 0. The largest absolute Gasteiger partial charge is 0.481 e. The Bertz CT molecular complexity index is 2950. The summed E-state index contributed by atoms with van der Waals surface area (Å²) in [5, 5.41) is 223. The Hall–Kier alpha value is -0.600. The number of aliphatic hydroxyl groups excluding tert-OH is 16. The van der Waals surface area contributed by atoms with Crippen molar-refractivity contribution in [1.29, 1.82) is 0 Å². The molecule has 678 valence electrons. The first kappa shape index (κ1) is 100. The minimum absolute atomic E-state index is 0.00510. The third-order valence-electron chi connectivity index (χ3n) is 20.4. The van der Waals surface area contributed by atoms with Crippen molar-refractivity contribution < 1.29 is 197 Å². The van der Waals surface area contributed by atoms with E-state index in [-0.39, 0.29) is 88.5 Å². The van der Waals surface area contributed by atoms with E-state index in [0.717, 1.165) is 47.0 Å². The summed E-state index contributed by atoms with van der Waals surface area (Å²) in [6.07, 6.45) is -73.7. The van der Waals surface area contributed by atoms with Gasteiger partial charge in [0.15, 0.2) is 50.3 Å². The molecule has 0 radical (unpaired) electrons. The molecule has 0 aliphatic carbocycles. The van der Waals surface area contributed by atoms with Crippen molar-refractivity contribution >= 4 is 118 Å². The van der Waals surface area contributed by atoms with Crippen LogP contribution in [0.5, 0.6) is 0 Å². The highest BCUT2D eigenvalue weighted by Gasteiger charge is 2.61. The third-order valence-corrected chi connectivity index (χ3v) is 28.9. The number of thioether (sulfide) groups is 8. The second-order valence-electron chi connectivity index (χ2n) is 28.9. The van der Waals surface area contributed by atoms with E-state index in [2.05, 4.69) is 0 Å². The molecule has 0 spiro atoms. The number of aliphatic hydroxyl groups is 16. The van der Waals surface area contributed by atoms with Crippen LogP contribution >= 0.6 is 94.1 Å². The Balaban J connectivity index is 1.08. The van der Waals surface area contributed by atoms with Crippen LogP contribution in [0.2, 0.25) is 0 Å². The minimum atomic E-state index is -2.21. The van der Waals surface area contributed by atoms with Gasteiger partial charge < -0.3 is 178 Å². The Kier molecular flexibility index (Phi) is 42.0. The maximum atomic E-state index is 12.3. The first-order valence-electron chi connectivity index (χ1n) is 38.7. The highest BCUT2D eigenvalue weighted by molar-refractivity contribution is 8.00.